The number of aliphatic hydroxyl groups is 1. The molecule has 1 aromatic carbocycles. The summed E-state index contributed by atoms with van der Waals surface area (Å²) in [5, 5.41) is 13.0. The molecule has 0 saturated heterocycles. The summed E-state index contributed by atoms with van der Waals surface area (Å²) >= 11 is 1.71. The monoisotopic (exact) mass is 267 g/mol. The first kappa shape index (κ1) is 13.7. The fourth-order valence-corrected chi connectivity index (χ4v) is 2.14. The zero-order valence-corrected chi connectivity index (χ0v) is 11.6. The number of hydrogen-bond donors (Lipinski definition) is 2. The van der Waals surface area contributed by atoms with Crippen molar-refractivity contribution in [2.24, 2.45) is 5.92 Å². The van der Waals surface area contributed by atoms with E-state index in [9.17, 15) is 5.11 Å². The maximum Gasteiger partial charge on any atom is 0.0945 e. The highest BCUT2D eigenvalue weighted by Gasteiger charge is 2.21. The zero-order valence-electron chi connectivity index (χ0n) is 10.8. The quantitative estimate of drug-likeness (QED) is 0.710. The van der Waals surface area contributed by atoms with Gasteiger partial charge in [-0.1, -0.05) is 6.07 Å². The summed E-state index contributed by atoms with van der Waals surface area (Å²) in [6.07, 6.45) is 4.19. The Labute approximate surface area is 113 Å². The highest BCUT2D eigenvalue weighted by atomic mass is 32.2. The van der Waals surface area contributed by atoms with Gasteiger partial charge >= 0.3 is 0 Å². The number of benzene rings is 1. The Bertz CT molecular complexity index is 369. The lowest BCUT2D eigenvalue weighted by Crippen LogP contribution is -2.25. The van der Waals surface area contributed by atoms with Crippen molar-refractivity contribution in [2.75, 3.05) is 31.3 Å². The smallest absolute Gasteiger partial charge is 0.0945 e. The molecule has 0 spiro atoms. The summed E-state index contributed by atoms with van der Waals surface area (Å²) in [7, 11) is 0. The average molecular weight is 267 g/mol. The molecule has 1 aliphatic rings. The minimum Gasteiger partial charge on any atom is -0.389 e. The molecule has 0 heterocycles. The highest BCUT2D eigenvalue weighted by molar-refractivity contribution is 7.98. The van der Waals surface area contributed by atoms with Gasteiger partial charge in [-0.15, -0.1) is 11.8 Å². The first-order valence-electron chi connectivity index (χ1n) is 6.41. The number of nitrogens with one attached hydrogen (secondary N) is 1. The fraction of sp³-hybridized carbons (Fsp3) is 0.571. The van der Waals surface area contributed by atoms with E-state index in [0.717, 1.165) is 18.2 Å². The maximum atomic E-state index is 9.78. The number of rotatable bonds is 8. The molecule has 1 aromatic rings. The third kappa shape index (κ3) is 4.88. The molecule has 4 heteroatoms. The third-order valence-electron chi connectivity index (χ3n) is 2.97. The van der Waals surface area contributed by atoms with Gasteiger partial charge in [0.1, 0.15) is 0 Å². The SMILES string of the molecule is CSc1cccc(NCC(O)COCC2CC2)c1. The Morgan fingerprint density at radius 3 is 3.06 bits per heavy atom. The van der Waals surface area contributed by atoms with Crippen molar-refractivity contribution in [1.82, 2.24) is 0 Å². The van der Waals surface area contributed by atoms with Gasteiger partial charge in [0, 0.05) is 23.7 Å². The molecule has 100 valence electrons. The minimum atomic E-state index is -0.443. The molecule has 0 aromatic heterocycles. The number of anilines is 1. The molecule has 3 nitrogen and oxygen atoms in total. The van der Waals surface area contributed by atoms with Gasteiger partial charge in [-0.05, 0) is 43.2 Å². The van der Waals surface area contributed by atoms with Crippen LogP contribution in [0.5, 0.6) is 0 Å². The van der Waals surface area contributed by atoms with Crippen LogP contribution in [0.1, 0.15) is 12.8 Å². The van der Waals surface area contributed by atoms with Crippen LogP contribution in [0.15, 0.2) is 29.2 Å². The number of thioether (sulfide) groups is 1. The second-order valence-electron chi connectivity index (χ2n) is 4.75. The molecule has 1 fully saturated rings. The summed E-state index contributed by atoms with van der Waals surface area (Å²) in [4.78, 5) is 1.22. The number of hydrogen-bond acceptors (Lipinski definition) is 4. The van der Waals surface area contributed by atoms with Gasteiger partial charge < -0.3 is 15.2 Å². The molecule has 0 radical (unpaired) electrons. The lowest BCUT2D eigenvalue weighted by molar-refractivity contribution is 0.0386. The summed E-state index contributed by atoms with van der Waals surface area (Å²) < 4.78 is 5.46. The van der Waals surface area contributed by atoms with Crippen LogP contribution in [0, 0.1) is 5.92 Å². The first-order valence-corrected chi connectivity index (χ1v) is 7.64. The normalized spacial score (nSPS) is 16.6. The standard InChI is InChI=1S/C14H21NO2S/c1-18-14-4-2-3-12(7-14)15-8-13(16)10-17-9-11-5-6-11/h2-4,7,11,13,15-16H,5-6,8-10H2,1H3. The summed E-state index contributed by atoms with van der Waals surface area (Å²) in [6, 6.07) is 8.19. The molecule has 1 atom stereocenters. The van der Waals surface area contributed by atoms with Crippen LogP contribution in [0.25, 0.3) is 0 Å². The molecular weight excluding hydrogens is 246 g/mol. The van der Waals surface area contributed by atoms with E-state index in [4.69, 9.17) is 4.74 Å². The van der Waals surface area contributed by atoms with Crippen LogP contribution in [-0.4, -0.2) is 37.2 Å². The van der Waals surface area contributed by atoms with E-state index in [-0.39, 0.29) is 0 Å². The van der Waals surface area contributed by atoms with Crippen molar-refractivity contribution >= 4 is 17.4 Å². The van der Waals surface area contributed by atoms with Crippen molar-refractivity contribution in [2.45, 2.75) is 23.8 Å². The molecule has 18 heavy (non-hydrogen) atoms. The van der Waals surface area contributed by atoms with Crippen LogP contribution in [0.3, 0.4) is 0 Å². The summed E-state index contributed by atoms with van der Waals surface area (Å²) in [6.45, 7) is 1.76. The first-order chi connectivity index (χ1) is 8.78. The minimum absolute atomic E-state index is 0.422. The van der Waals surface area contributed by atoms with Gasteiger partial charge in [-0.25, -0.2) is 0 Å². The van der Waals surface area contributed by atoms with E-state index >= 15 is 0 Å². The molecular formula is C14H21NO2S. The second-order valence-corrected chi connectivity index (χ2v) is 5.63. The Balaban J connectivity index is 1.65. The number of aliphatic hydroxyl groups excluding tert-OH is 1. The van der Waals surface area contributed by atoms with Crippen molar-refractivity contribution in [3.63, 3.8) is 0 Å². The fourth-order valence-electron chi connectivity index (χ4n) is 1.68. The van der Waals surface area contributed by atoms with E-state index < -0.39 is 6.10 Å². The molecule has 1 unspecified atom stereocenters. The van der Waals surface area contributed by atoms with Gasteiger partial charge in [-0.2, -0.15) is 0 Å². The molecule has 2 N–H and O–H groups in total. The van der Waals surface area contributed by atoms with Gasteiger partial charge in [-0.3, -0.25) is 0 Å². The van der Waals surface area contributed by atoms with Crippen LogP contribution in [0.4, 0.5) is 5.69 Å². The van der Waals surface area contributed by atoms with E-state index in [0.29, 0.717) is 13.2 Å². The van der Waals surface area contributed by atoms with Crippen molar-refractivity contribution < 1.29 is 9.84 Å². The Kier molecular flexibility index (Phi) is 5.35. The van der Waals surface area contributed by atoms with E-state index in [2.05, 4.69) is 23.7 Å². The van der Waals surface area contributed by atoms with E-state index in [1.54, 1.807) is 11.8 Å². The van der Waals surface area contributed by atoms with E-state index in [1.165, 1.54) is 17.7 Å². The molecule has 1 saturated carbocycles. The largest absolute Gasteiger partial charge is 0.389 e. The van der Waals surface area contributed by atoms with Gasteiger partial charge in [0.25, 0.3) is 0 Å². The maximum absolute atomic E-state index is 9.78. The van der Waals surface area contributed by atoms with Crippen LogP contribution in [-0.2, 0) is 4.74 Å². The predicted octanol–water partition coefficient (Wildman–Crippen LogP) is 2.61. The van der Waals surface area contributed by atoms with Gasteiger partial charge in [0.2, 0.25) is 0 Å². The van der Waals surface area contributed by atoms with Crippen molar-refractivity contribution in [1.29, 1.82) is 0 Å². The lowest BCUT2D eigenvalue weighted by Gasteiger charge is -2.13. The molecule has 0 bridgehead atoms. The Morgan fingerprint density at radius 1 is 1.50 bits per heavy atom. The lowest BCUT2D eigenvalue weighted by atomic mass is 10.3. The van der Waals surface area contributed by atoms with Crippen molar-refractivity contribution in [3.8, 4) is 0 Å². The van der Waals surface area contributed by atoms with Crippen molar-refractivity contribution in [3.05, 3.63) is 24.3 Å². The predicted molar refractivity (Wildman–Crippen MR) is 76.3 cm³/mol. The van der Waals surface area contributed by atoms with Crippen LogP contribution < -0.4 is 5.32 Å². The molecule has 0 aliphatic heterocycles. The summed E-state index contributed by atoms with van der Waals surface area (Å²) in [5.74, 6) is 0.753. The Morgan fingerprint density at radius 2 is 2.33 bits per heavy atom. The topological polar surface area (TPSA) is 41.5 Å². The van der Waals surface area contributed by atoms with Crippen LogP contribution in [0.2, 0.25) is 0 Å². The third-order valence-corrected chi connectivity index (χ3v) is 3.70. The zero-order chi connectivity index (χ0) is 12.8. The number of ether oxygens (including phenoxy) is 1. The molecule has 1 aliphatic carbocycles. The second kappa shape index (κ2) is 7.02. The molecule has 0 amide bonds. The van der Waals surface area contributed by atoms with Gasteiger partial charge in [0.15, 0.2) is 0 Å². The Hall–Kier alpha value is -0.710. The highest BCUT2D eigenvalue weighted by Crippen LogP contribution is 2.28. The van der Waals surface area contributed by atoms with E-state index in [1.807, 2.05) is 12.1 Å². The van der Waals surface area contributed by atoms with Gasteiger partial charge in [0.05, 0.1) is 12.7 Å². The summed E-state index contributed by atoms with van der Waals surface area (Å²) in [5.41, 5.74) is 1.04. The van der Waals surface area contributed by atoms with Crippen LogP contribution >= 0.6 is 11.8 Å². The molecule has 2 rings (SSSR count). The average Bonchev–Trinajstić information content (AvgIpc) is 3.21.